The van der Waals surface area contributed by atoms with Gasteiger partial charge in [0.05, 0.1) is 31.4 Å². The van der Waals surface area contributed by atoms with Gasteiger partial charge in [0.2, 0.25) is 0 Å². The van der Waals surface area contributed by atoms with Gasteiger partial charge in [-0.1, -0.05) is 18.8 Å². The van der Waals surface area contributed by atoms with Crippen molar-refractivity contribution in [1.29, 1.82) is 0 Å². The SMILES string of the molecule is CCC1COCCN1C(=O)c1ncccc1C#CCCO. The summed E-state index contributed by atoms with van der Waals surface area (Å²) in [5.41, 5.74) is 0.987. The number of aliphatic hydroxyl groups excluding tert-OH is 1. The molecule has 1 unspecified atom stereocenters. The molecule has 5 heteroatoms. The predicted octanol–water partition coefficient (Wildman–Crippen LogP) is 1.07. The first-order valence-electron chi connectivity index (χ1n) is 7.21. The highest BCUT2D eigenvalue weighted by atomic mass is 16.5. The number of rotatable bonds is 3. The fourth-order valence-electron chi connectivity index (χ4n) is 2.29. The summed E-state index contributed by atoms with van der Waals surface area (Å²) in [7, 11) is 0. The molecule has 0 aliphatic carbocycles. The van der Waals surface area contributed by atoms with E-state index in [1.165, 1.54) is 0 Å². The van der Waals surface area contributed by atoms with Crippen molar-refractivity contribution in [3.8, 4) is 11.8 Å². The van der Waals surface area contributed by atoms with E-state index < -0.39 is 0 Å². The molecule has 2 heterocycles. The lowest BCUT2D eigenvalue weighted by atomic mass is 10.1. The molecule has 0 saturated carbocycles. The number of amides is 1. The molecule has 1 aromatic rings. The number of carbonyl (C=O) groups is 1. The maximum Gasteiger partial charge on any atom is 0.274 e. The summed E-state index contributed by atoms with van der Waals surface area (Å²) >= 11 is 0. The molecular formula is C16H20N2O3. The van der Waals surface area contributed by atoms with Crippen LogP contribution < -0.4 is 0 Å². The zero-order chi connectivity index (χ0) is 15.1. The number of aromatic nitrogens is 1. The van der Waals surface area contributed by atoms with Crippen LogP contribution >= 0.6 is 0 Å². The van der Waals surface area contributed by atoms with Crippen LogP contribution in [0.4, 0.5) is 0 Å². The third-order valence-electron chi connectivity index (χ3n) is 3.43. The van der Waals surface area contributed by atoms with Gasteiger partial charge in [-0.05, 0) is 18.6 Å². The first-order chi connectivity index (χ1) is 10.3. The van der Waals surface area contributed by atoms with Gasteiger partial charge in [0.15, 0.2) is 0 Å². The number of hydrogen-bond acceptors (Lipinski definition) is 4. The molecule has 1 aliphatic rings. The normalized spacial score (nSPS) is 18.0. The molecule has 1 amide bonds. The first-order valence-corrected chi connectivity index (χ1v) is 7.21. The molecule has 1 aromatic heterocycles. The third-order valence-corrected chi connectivity index (χ3v) is 3.43. The van der Waals surface area contributed by atoms with Crippen LogP contribution in [-0.2, 0) is 4.74 Å². The van der Waals surface area contributed by atoms with Crippen LogP contribution in [-0.4, -0.2) is 53.3 Å². The first kappa shape index (κ1) is 15.5. The summed E-state index contributed by atoms with van der Waals surface area (Å²) in [5, 5.41) is 8.79. The van der Waals surface area contributed by atoms with Gasteiger partial charge >= 0.3 is 0 Å². The van der Waals surface area contributed by atoms with Crippen molar-refractivity contribution in [1.82, 2.24) is 9.88 Å². The van der Waals surface area contributed by atoms with Crippen molar-refractivity contribution < 1.29 is 14.6 Å². The number of hydrogen-bond donors (Lipinski definition) is 1. The second-order valence-electron chi connectivity index (χ2n) is 4.81. The van der Waals surface area contributed by atoms with E-state index in [1.807, 2.05) is 11.8 Å². The van der Waals surface area contributed by atoms with Gasteiger partial charge in [0, 0.05) is 19.2 Å². The molecular weight excluding hydrogens is 268 g/mol. The molecule has 1 saturated heterocycles. The minimum Gasteiger partial charge on any atom is -0.395 e. The summed E-state index contributed by atoms with van der Waals surface area (Å²) in [6.45, 7) is 3.76. The van der Waals surface area contributed by atoms with Crippen LogP contribution in [0.5, 0.6) is 0 Å². The average molecular weight is 288 g/mol. The fraction of sp³-hybridized carbons (Fsp3) is 0.500. The monoisotopic (exact) mass is 288 g/mol. The minimum atomic E-state index is -0.0981. The smallest absolute Gasteiger partial charge is 0.274 e. The van der Waals surface area contributed by atoms with Crippen LogP contribution in [0, 0.1) is 11.8 Å². The predicted molar refractivity (Wildman–Crippen MR) is 78.8 cm³/mol. The largest absolute Gasteiger partial charge is 0.395 e. The second kappa shape index (κ2) is 7.77. The number of carbonyl (C=O) groups excluding carboxylic acids is 1. The quantitative estimate of drug-likeness (QED) is 0.845. The van der Waals surface area contributed by atoms with Gasteiger partial charge in [-0.2, -0.15) is 0 Å². The van der Waals surface area contributed by atoms with E-state index in [0.29, 0.717) is 37.4 Å². The molecule has 0 bridgehead atoms. The molecule has 2 rings (SSSR count). The summed E-state index contributed by atoms with van der Waals surface area (Å²) in [6.07, 6.45) is 2.84. The van der Waals surface area contributed by atoms with Crippen LogP contribution in [0.15, 0.2) is 18.3 Å². The highest BCUT2D eigenvalue weighted by Crippen LogP contribution is 2.15. The number of morpholine rings is 1. The van der Waals surface area contributed by atoms with Crippen LogP contribution in [0.1, 0.15) is 35.8 Å². The summed E-state index contributed by atoms with van der Waals surface area (Å²) in [5.74, 6) is 5.66. The lowest BCUT2D eigenvalue weighted by Crippen LogP contribution is -2.48. The van der Waals surface area contributed by atoms with Gasteiger partial charge < -0.3 is 14.7 Å². The summed E-state index contributed by atoms with van der Waals surface area (Å²) < 4.78 is 5.43. The van der Waals surface area contributed by atoms with Crippen LogP contribution in [0.25, 0.3) is 0 Å². The molecule has 0 radical (unpaired) electrons. The molecule has 112 valence electrons. The minimum absolute atomic E-state index is 0.0118. The number of ether oxygens (including phenoxy) is 1. The topological polar surface area (TPSA) is 62.7 Å². The van der Waals surface area contributed by atoms with Gasteiger partial charge in [0.25, 0.3) is 5.91 Å². The Bertz CT molecular complexity index is 548. The Morgan fingerprint density at radius 1 is 1.62 bits per heavy atom. The average Bonchev–Trinajstić information content (AvgIpc) is 2.55. The van der Waals surface area contributed by atoms with E-state index in [0.717, 1.165) is 6.42 Å². The zero-order valence-corrected chi connectivity index (χ0v) is 12.2. The van der Waals surface area contributed by atoms with Gasteiger partial charge in [-0.25, -0.2) is 4.98 Å². The highest BCUT2D eigenvalue weighted by Gasteiger charge is 2.28. The van der Waals surface area contributed by atoms with Crippen molar-refractivity contribution in [3.05, 3.63) is 29.6 Å². The van der Waals surface area contributed by atoms with Crippen molar-refractivity contribution in [2.75, 3.05) is 26.4 Å². The van der Waals surface area contributed by atoms with Gasteiger partial charge in [-0.3, -0.25) is 4.79 Å². The molecule has 5 nitrogen and oxygen atoms in total. The van der Waals surface area contributed by atoms with Crippen molar-refractivity contribution >= 4 is 5.91 Å². The highest BCUT2D eigenvalue weighted by molar-refractivity contribution is 5.95. The Balaban J connectivity index is 2.24. The van der Waals surface area contributed by atoms with E-state index in [9.17, 15) is 4.79 Å². The molecule has 0 spiro atoms. The Morgan fingerprint density at radius 2 is 2.48 bits per heavy atom. The Kier molecular flexibility index (Phi) is 5.73. The van der Waals surface area contributed by atoms with Crippen molar-refractivity contribution in [2.45, 2.75) is 25.8 Å². The maximum atomic E-state index is 12.7. The fourth-order valence-corrected chi connectivity index (χ4v) is 2.29. The van der Waals surface area contributed by atoms with E-state index >= 15 is 0 Å². The molecule has 1 atom stereocenters. The molecule has 1 aliphatic heterocycles. The van der Waals surface area contributed by atoms with E-state index in [4.69, 9.17) is 9.84 Å². The van der Waals surface area contributed by atoms with Gasteiger partial charge in [-0.15, -0.1) is 0 Å². The Morgan fingerprint density at radius 3 is 3.24 bits per heavy atom. The van der Waals surface area contributed by atoms with Crippen LogP contribution in [0.3, 0.4) is 0 Å². The van der Waals surface area contributed by atoms with Gasteiger partial charge in [0.1, 0.15) is 5.69 Å². The maximum absolute atomic E-state index is 12.7. The van der Waals surface area contributed by atoms with E-state index in [2.05, 4.69) is 16.8 Å². The Hall–Kier alpha value is -1.90. The lowest BCUT2D eigenvalue weighted by molar-refractivity contribution is -0.00312. The van der Waals surface area contributed by atoms with Crippen molar-refractivity contribution in [2.24, 2.45) is 0 Å². The Labute approximate surface area is 124 Å². The standard InChI is InChI=1S/C16H20N2O3/c1-2-14-12-21-11-9-18(14)16(20)15-13(6-3-4-10-19)7-5-8-17-15/h5,7-8,14,19H,2,4,9-12H2,1H3. The number of pyridine rings is 1. The number of aliphatic hydroxyl groups is 1. The molecule has 1 N–H and O–H groups in total. The van der Waals surface area contributed by atoms with Crippen LogP contribution in [0.2, 0.25) is 0 Å². The summed E-state index contributed by atoms with van der Waals surface area (Å²) in [6, 6.07) is 3.63. The molecule has 1 fully saturated rings. The molecule has 21 heavy (non-hydrogen) atoms. The van der Waals surface area contributed by atoms with E-state index in [-0.39, 0.29) is 18.6 Å². The number of nitrogens with zero attached hydrogens (tertiary/aromatic N) is 2. The van der Waals surface area contributed by atoms with E-state index in [1.54, 1.807) is 18.3 Å². The third kappa shape index (κ3) is 3.81. The second-order valence-corrected chi connectivity index (χ2v) is 4.81. The zero-order valence-electron chi connectivity index (χ0n) is 12.2. The molecule has 0 aromatic carbocycles. The summed E-state index contributed by atoms with van der Waals surface area (Å²) in [4.78, 5) is 18.7. The van der Waals surface area contributed by atoms with Crippen molar-refractivity contribution in [3.63, 3.8) is 0 Å². The lowest BCUT2D eigenvalue weighted by Gasteiger charge is -2.35.